The first kappa shape index (κ1) is 11.3. The summed E-state index contributed by atoms with van der Waals surface area (Å²) in [6.07, 6.45) is 1.67. The summed E-state index contributed by atoms with van der Waals surface area (Å²) < 4.78 is 1.82. The van der Waals surface area contributed by atoms with Crippen molar-refractivity contribution in [3.63, 3.8) is 0 Å². The lowest BCUT2D eigenvalue weighted by molar-refractivity contribution is -0.386. The number of halogens is 1. The van der Waals surface area contributed by atoms with Crippen molar-refractivity contribution in [1.29, 1.82) is 0 Å². The molecule has 0 saturated heterocycles. The Morgan fingerprint density at radius 2 is 2.31 bits per heavy atom. The molecular formula is C9H10BrN3O3. The highest BCUT2D eigenvalue weighted by atomic mass is 79.9. The molecule has 0 bridgehead atoms. The quantitative estimate of drug-likeness (QED) is 0.617. The van der Waals surface area contributed by atoms with Crippen LogP contribution in [-0.2, 0) is 4.79 Å². The second-order valence-electron chi connectivity index (χ2n) is 3.86. The molecule has 1 unspecified atom stereocenters. The van der Waals surface area contributed by atoms with Gasteiger partial charge < -0.3 is 0 Å². The van der Waals surface area contributed by atoms with Gasteiger partial charge in [0, 0.05) is 12.8 Å². The van der Waals surface area contributed by atoms with Crippen molar-refractivity contribution in [2.24, 2.45) is 0 Å². The molecule has 1 aromatic rings. The molecule has 0 spiro atoms. The maximum absolute atomic E-state index is 11.2. The summed E-state index contributed by atoms with van der Waals surface area (Å²) in [5, 5.41) is 14.9. The zero-order valence-electron chi connectivity index (χ0n) is 8.64. The van der Waals surface area contributed by atoms with Gasteiger partial charge in [0.1, 0.15) is 11.5 Å². The maximum atomic E-state index is 11.2. The first-order valence-corrected chi connectivity index (χ1v) is 5.70. The van der Waals surface area contributed by atoms with E-state index in [1.807, 2.05) is 0 Å². The van der Waals surface area contributed by atoms with E-state index >= 15 is 0 Å². The average Bonchev–Trinajstić information content (AvgIpc) is 2.70. The van der Waals surface area contributed by atoms with Crippen molar-refractivity contribution in [3.05, 3.63) is 20.4 Å². The van der Waals surface area contributed by atoms with Gasteiger partial charge in [0.2, 0.25) is 4.60 Å². The summed E-state index contributed by atoms with van der Waals surface area (Å²) in [5.41, 5.74) is 0.482. The molecule has 1 heterocycles. The van der Waals surface area contributed by atoms with Crippen LogP contribution in [0.1, 0.15) is 31.0 Å². The minimum Gasteiger partial charge on any atom is -0.300 e. The van der Waals surface area contributed by atoms with E-state index in [2.05, 4.69) is 21.0 Å². The highest BCUT2D eigenvalue weighted by molar-refractivity contribution is 9.10. The van der Waals surface area contributed by atoms with Gasteiger partial charge >= 0.3 is 5.69 Å². The summed E-state index contributed by atoms with van der Waals surface area (Å²) in [5.74, 6) is 0.193. The normalized spacial score (nSPS) is 20.4. The predicted molar refractivity (Wildman–Crippen MR) is 59.2 cm³/mol. The van der Waals surface area contributed by atoms with Crippen LogP contribution in [0.5, 0.6) is 0 Å². The van der Waals surface area contributed by atoms with Crippen molar-refractivity contribution in [2.45, 2.75) is 32.2 Å². The van der Waals surface area contributed by atoms with E-state index in [0.29, 0.717) is 25.0 Å². The molecule has 2 rings (SSSR count). The van der Waals surface area contributed by atoms with Crippen LogP contribution in [0.25, 0.3) is 0 Å². The van der Waals surface area contributed by atoms with E-state index in [1.165, 1.54) is 0 Å². The molecular weight excluding hydrogens is 278 g/mol. The molecule has 7 heteroatoms. The van der Waals surface area contributed by atoms with Crippen LogP contribution in [0.2, 0.25) is 0 Å². The number of Topliss-reactive ketones (excluding diaryl/α,β-unsaturated/α-hetero) is 1. The predicted octanol–water partition coefficient (Wildman–Crippen LogP) is 2.16. The minimum atomic E-state index is -0.459. The van der Waals surface area contributed by atoms with Gasteiger partial charge in [0.15, 0.2) is 0 Å². The summed E-state index contributed by atoms with van der Waals surface area (Å²) in [6.45, 7) is 1.65. The number of rotatable bonds is 2. The molecule has 0 aliphatic heterocycles. The average molecular weight is 288 g/mol. The fourth-order valence-electron chi connectivity index (χ4n) is 2.04. The van der Waals surface area contributed by atoms with Crippen molar-refractivity contribution >= 4 is 27.4 Å². The van der Waals surface area contributed by atoms with Gasteiger partial charge in [0.25, 0.3) is 0 Å². The molecule has 1 fully saturated rings. The summed E-state index contributed by atoms with van der Waals surface area (Å²) in [4.78, 5) is 21.5. The van der Waals surface area contributed by atoms with E-state index in [9.17, 15) is 14.9 Å². The third kappa shape index (κ3) is 1.75. The number of hydrogen-bond acceptors (Lipinski definition) is 4. The van der Waals surface area contributed by atoms with Gasteiger partial charge in [-0.15, -0.1) is 0 Å². The SMILES string of the molecule is Cc1c([N+](=O)[O-])c(Br)nn1C1CCC(=O)C1. The molecule has 1 aliphatic rings. The Hall–Kier alpha value is -1.24. The lowest BCUT2D eigenvalue weighted by Crippen LogP contribution is -2.09. The van der Waals surface area contributed by atoms with Gasteiger partial charge in [0.05, 0.1) is 11.0 Å². The van der Waals surface area contributed by atoms with Gasteiger partial charge in [-0.3, -0.25) is 19.6 Å². The highest BCUT2D eigenvalue weighted by Gasteiger charge is 2.30. The number of aromatic nitrogens is 2. The van der Waals surface area contributed by atoms with E-state index in [4.69, 9.17) is 0 Å². The van der Waals surface area contributed by atoms with Gasteiger partial charge in [-0.2, -0.15) is 5.10 Å². The zero-order chi connectivity index (χ0) is 11.9. The Labute approximate surface area is 99.9 Å². The number of ketones is 1. The molecule has 0 aromatic carbocycles. The monoisotopic (exact) mass is 287 g/mol. The molecule has 86 valence electrons. The van der Waals surface area contributed by atoms with Crippen molar-refractivity contribution in [2.75, 3.05) is 0 Å². The number of carbonyl (C=O) groups excluding carboxylic acids is 1. The maximum Gasteiger partial charge on any atom is 0.324 e. The fraction of sp³-hybridized carbons (Fsp3) is 0.556. The third-order valence-corrected chi connectivity index (χ3v) is 3.36. The van der Waals surface area contributed by atoms with Crippen LogP contribution in [-0.4, -0.2) is 20.5 Å². The largest absolute Gasteiger partial charge is 0.324 e. The Kier molecular flexibility index (Phi) is 2.79. The van der Waals surface area contributed by atoms with Crippen molar-refractivity contribution in [3.8, 4) is 0 Å². The number of nitrogens with zero attached hydrogens (tertiary/aromatic N) is 3. The zero-order valence-corrected chi connectivity index (χ0v) is 10.2. The van der Waals surface area contributed by atoms with Gasteiger partial charge in [-0.05, 0) is 29.3 Å². The summed E-state index contributed by atoms with van der Waals surface area (Å²) >= 11 is 3.07. The lowest BCUT2D eigenvalue weighted by atomic mass is 10.2. The third-order valence-electron chi connectivity index (χ3n) is 2.83. The first-order chi connectivity index (χ1) is 7.50. The van der Waals surface area contributed by atoms with Crippen LogP contribution in [0.15, 0.2) is 4.60 Å². The molecule has 0 N–H and O–H groups in total. The molecule has 0 amide bonds. The Bertz CT molecular complexity index is 469. The summed E-state index contributed by atoms with van der Waals surface area (Å²) in [7, 11) is 0. The van der Waals surface area contributed by atoms with Gasteiger partial charge in [-0.25, -0.2) is 0 Å². The van der Waals surface area contributed by atoms with Crippen molar-refractivity contribution < 1.29 is 9.72 Å². The Morgan fingerprint density at radius 3 is 2.75 bits per heavy atom. The highest BCUT2D eigenvalue weighted by Crippen LogP contribution is 2.34. The second-order valence-corrected chi connectivity index (χ2v) is 4.61. The fourth-order valence-corrected chi connectivity index (χ4v) is 2.64. The van der Waals surface area contributed by atoms with Crippen LogP contribution in [0.3, 0.4) is 0 Å². The van der Waals surface area contributed by atoms with E-state index < -0.39 is 4.92 Å². The molecule has 1 atom stereocenters. The smallest absolute Gasteiger partial charge is 0.300 e. The molecule has 6 nitrogen and oxygen atoms in total. The lowest BCUT2D eigenvalue weighted by Gasteiger charge is -2.09. The van der Waals surface area contributed by atoms with E-state index in [1.54, 1.807) is 11.6 Å². The number of carbonyl (C=O) groups is 1. The number of nitro groups is 1. The molecule has 1 aromatic heterocycles. The molecule has 1 aliphatic carbocycles. The van der Waals surface area contributed by atoms with Crippen LogP contribution < -0.4 is 0 Å². The van der Waals surface area contributed by atoms with E-state index in [0.717, 1.165) is 0 Å². The first-order valence-electron chi connectivity index (χ1n) is 4.91. The van der Waals surface area contributed by atoms with Crippen LogP contribution >= 0.6 is 15.9 Å². The second kappa shape index (κ2) is 3.97. The standard InChI is InChI=1S/C9H10BrN3O3/c1-5-8(13(15)16)9(10)11-12(5)6-2-3-7(14)4-6/h6H,2-4H2,1H3. The van der Waals surface area contributed by atoms with Gasteiger partial charge in [-0.1, -0.05) is 0 Å². The minimum absolute atomic E-state index is 0.0145. The van der Waals surface area contributed by atoms with Crippen LogP contribution in [0, 0.1) is 17.0 Å². The topological polar surface area (TPSA) is 78.0 Å². The van der Waals surface area contributed by atoms with Crippen molar-refractivity contribution in [1.82, 2.24) is 9.78 Å². The molecule has 1 saturated carbocycles. The number of hydrogen-bond donors (Lipinski definition) is 0. The summed E-state index contributed by atoms with van der Waals surface area (Å²) in [6, 6.07) is -0.0301. The molecule has 0 radical (unpaired) electrons. The van der Waals surface area contributed by atoms with E-state index in [-0.39, 0.29) is 22.1 Å². The Morgan fingerprint density at radius 1 is 1.62 bits per heavy atom. The molecule has 16 heavy (non-hydrogen) atoms. The van der Waals surface area contributed by atoms with Crippen LogP contribution in [0.4, 0.5) is 5.69 Å². The Balaban J connectivity index is 2.39.